The topological polar surface area (TPSA) is 54.1 Å². The average molecular weight is 789 g/mol. The van der Waals surface area contributed by atoms with Crippen LogP contribution in [0.3, 0.4) is 0 Å². The van der Waals surface area contributed by atoms with E-state index in [2.05, 4.69) is 195 Å². The molecule has 3 aliphatic rings. The number of benzene rings is 7. The van der Waals surface area contributed by atoms with Gasteiger partial charge in [0.25, 0.3) is 0 Å². The predicted molar refractivity (Wildman–Crippen MR) is 252 cm³/mol. The van der Waals surface area contributed by atoms with E-state index in [1.807, 2.05) is 26.0 Å². The van der Waals surface area contributed by atoms with Gasteiger partial charge in [0, 0.05) is 34.1 Å². The smallest absolute Gasteiger partial charge is 0.0991 e. The minimum Gasteiger partial charge on any atom is -0.314 e. The lowest BCUT2D eigenvalue weighted by Crippen LogP contribution is -2.27. The molecule has 296 valence electrons. The lowest BCUT2D eigenvalue weighted by Gasteiger charge is -2.34. The van der Waals surface area contributed by atoms with E-state index in [4.69, 9.17) is 0 Å². The molecule has 0 saturated carbocycles. The van der Waals surface area contributed by atoms with Crippen molar-refractivity contribution in [2.24, 2.45) is 0 Å². The van der Waals surface area contributed by atoms with Crippen molar-refractivity contribution in [3.63, 3.8) is 0 Å². The first kappa shape index (κ1) is 39.1. The highest BCUT2D eigenvalue weighted by atomic mass is 15.2. The molecular weight excluding hydrogens is 741 g/mol. The first-order valence-electron chi connectivity index (χ1n) is 21.3. The van der Waals surface area contributed by atoms with Crippen molar-refractivity contribution in [1.82, 2.24) is 0 Å². The monoisotopic (exact) mass is 788 g/mol. The largest absolute Gasteiger partial charge is 0.314 e. The van der Waals surface area contributed by atoms with Crippen LogP contribution in [0.2, 0.25) is 0 Å². The molecule has 61 heavy (non-hydrogen) atoms. The first-order valence-corrected chi connectivity index (χ1v) is 21.3. The fourth-order valence-electron chi connectivity index (χ4n) is 9.55. The van der Waals surface area contributed by atoms with Gasteiger partial charge in [-0.25, -0.2) is 0 Å². The van der Waals surface area contributed by atoms with Crippen LogP contribution in [0.1, 0.15) is 83.7 Å². The summed E-state index contributed by atoms with van der Waals surface area (Å²) in [4.78, 5) is 4.75. The fraction of sp³-hybridized carbons (Fsp3) is 0.158. The van der Waals surface area contributed by atoms with E-state index in [0.29, 0.717) is 11.1 Å². The van der Waals surface area contributed by atoms with E-state index < -0.39 is 5.41 Å². The summed E-state index contributed by atoms with van der Waals surface area (Å²) in [5.74, 6) is 0. The van der Waals surface area contributed by atoms with Gasteiger partial charge >= 0.3 is 0 Å². The number of anilines is 5. The number of fused-ring (bicyclic) bond motifs is 10. The van der Waals surface area contributed by atoms with Gasteiger partial charge in [-0.15, -0.1) is 0 Å². The number of allylic oxidation sites excluding steroid dienone is 4. The molecule has 1 spiro atoms. The highest BCUT2D eigenvalue weighted by molar-refractivity contribution is 5.98. The zero-order valence-electron chi connectivity index (χ0n) is 35.7. The van der Waals surface area contributed by atoms with Crippen LogP contribution in [0.15, 0.2) is 169 Å². The van der Waals surface area contributed by atoms with Gasteiger partial charge in [-0.3, -0.25) is 0 Å². The normalized spacial score (nSPS) is 13.6. The summed E-state index contributed by atoms with van der Waals surface area (Å²) in [6, 6.07) is 57.2. The molecule has 3 aliphatic carbocycles. The Morgan fingerprint density at radius 3 is 1.16 bits per heavy atom. The lowest BCUT2D eigenvalue weighted by molar-refractivity contribution is 0.791. The molecule has 0 amide bonds. The summed E-state index contributed by atoms with van der Waals surface area (Å²) in [7, 11) is 0. The fourth-order valence-corrected chi connectivity index (χ4v) is 9.55. The number of aryl methyl sites for hydroxylation is 3. The SMILES string of the molecule is CC.CC1=CC=C(N(c2ccc(C)cc2)c2ccc3c(c2)C2(c4cc(C#N)ccc4-c4ccc(C#N)cc42)c2cc(N(c4ccc(C)cc4)c4ccc(C)cc4)ccc2-3)CC1. The first-order chi connectivity index (χ1) is 29.8. The summed E-state index contributed by atoms with van der Waals surface area (Å²) in [5, 5.41) is 20.8. The third kappa shape index (κ3) is 6.44. The Hall–Kier alpha value is -7.40. The van der Waals surface area contributed by atoms with Crippen molar-refractivity contribution in [2.75, 3.05) is 9.80 Å². The van der Waals surface area contributed by atoms with E-state index in [9.17, 15) is 10.5 Å². The van der Waals surface area contributed by atoms with E-state index >= 15 is 0 Å². The maximum atomic E-state index is 10.4. The molecule has 0 fully saturated rings. The number of rotatable bonds is 6. The van der Waals surface area contributed by atoms with Crippen LogP contribution < -0.4 is 9.80 Å². The third-order valence-corrected chi connectivity index (χ3v) is 12.5. The molecule has 0 unspecified atom stereocenters. The minimum atomic E-state index is -0.816. The molecule has 0 saturated heterocycles. The van der Waals surface area contributed by atoms with Gasteiger partial charge in [-0.05, 0) is 176 Å². The molecule has 4 nitrogen and oxygen atoms in total. The quantitative estimate of drug-likeness (QED) is 0.168. The minimum absolute atomic E-state index is 0.607. The Kier molecular flexibility index (Phi) is 10.0. The van der Waals surface area contributed by atoms with E-state index in [0.717, 1.165) is 85.8 Å². The molecule has 0 radical (unpaired) electrons. The van der Waals surface area contributed by atoms with Crippen molar-refractivity contribution in [1.29, 1.82) is 10.5 Å². The second-order valence-corrected chi connectivity index (χ2v) is 16.3. The Labute approximate surface area is 360 Å². The van der Waals surface area contributed by atoms with Crippen molar-refractivity contribution in [2.45, 2.75) is 59.8 Å². The second-order valence-electron chi connectivity index (χ2n) is 16.3. The molecule has 0 heterocycles. The van der Waals surface area contributed by atoms with Gasteiger partial charge < -0.3 is 9.80 Å². The van der Waals surface area contributed by atoms with Crippen molar-refractivity contribution < 1.29 is 0 Å². The maximum Gasteiger partial charge on any atom is 0.0991 e. The molecule has 10 rings (SSSR count). The molecular formula is C57H48N4. The van der Waals surface area contributed by atoms with E-state index in [1.54, 1.807) is 0 Å². The average Bonchev–Trinajstić information content (AvgIpc) is 3.75. The zero-order chi connectivity index (χ0) is 42.4. The number of hydrogen-bond donors (Lipinski definition) is 0. The van der Waals surface area contributed by atoms with Crippen molar-refractivity contribution >= 4 is 28.4 Å². The number of nitriles is 2. The van der Waals surface area contributed by atoms with Gasteiger partial charge in [-0.2, -0.15) is 10.5 Å². The molecule has 0 aromatic heterocycles. The molecule has 7 aromatic carbocycles. The molecule has 4 heteroatoms. The van der Waals surface area contributed by atoms with Crippen LogP contribution >= 0.6 is 0 Å². The van der Waals surface area contributed by atoms with Gasteiger partial charge in [0.2, 0.25) is 0 Å². The molecule has 0 bridgehead atoms. The Morgan fingerprint density at radius 1 is 0.410 bits per heavy atom. The second kappa shape index (κ2) is 15.6. The van der Waals surface area contributed by atoms with Gasteiger partial charge in [-0.1, -0.05) is 103 Å². The molecule has 0 atom stereocenters. The Bertz CT molecular complexity index is 2880. The summed E-state index contributed by atoms with van der Waals surface area (Å²) >= 11 is 0. The van der Waals surface area contributed by atoms with E-state index in [1.165, 1.54) is 28.0 Å². The molecule has 0 N–H and O–H groups in total. The summed E-state index contributed by atoms with van der Waals surface area (Å²) in [6.45, 7) is 12.6. The van der Waals surface area contributed by atoms with Crippen LogP contribution in [0.5, 0.6) is 0 Å². The number of nitrogens with zero attached hydrogens (tertiary/aromatic N) is 4. The molecule has 0 aliphatic heterocycles. The standard InChI is InChI=1S/C55H42N4.C2H6/c1-35-5-15-41(16-6-35)58(42-17-7-36(2)8-18-42)45-23-27-49-50-28-24-46(59(43-19-9-37(3)10-20-43)44-21-11-38(4)12-22-44)32-54(50)55(53(49)31-45)51-29-39(33-56)13-25-47(51)48-26-14-40(34-57)30-52(48)55;1-2/h5-11,13-21,23-32H,12,22H2,1-4H3;1-2H3. The lowest BCUT2D eigenvalue weighted by atomic mass is 9.70. The Morgan fingerprint density at radius 2 is 0.770 bits per heavy atom. The maximum absolute atomic E-state index is 10.4. The van der Waals surface area contributed by atoms with Crippen molar-refractivity contribution in [3.8, 4) is 34.4 Å². The van der Waals surface area contributed by atoms with Crippen molar-refractivity contribution in [3.05, 3.63) is 219 Å². The van der Waals surface area contributed by atoms with Crippen LogP contribution in [-0.4, -0.2) is 0 Å². The van der Waals surface area contributed by atoms with Crippen LogP contribution in [0, 0.1) is 43.4 Å². The van der Waals surface area contributed by atoms with E-state index in [-0.39, 0.29) is 0 Å². The van der Waals surface area contributed by atoms with Crippen LogP contribution in [-0.2, 0) is 5.41 Å². The summed E-state index contributed by atoms with van der Waals surface area (Å²) in [5.41, 5.74) is 20.8. The Balaban J connectivity index is 0.00000235. The summed E-state index contributed by atoms with van der Waals surface area (Å²) in [6.07, 6.45) is 6.45. The van der Waals surface area contributed by atoms with Crippen LogP contribution in [0.4, 0.5) is 28.4 Å². The predicted octanol–water partition coefficient (Wildman–Crippen LogP) is 15.0. The van der Waals surface area contributed by atoms with Gasteiger partial charge in [0.15, 0.2) is 0 Å². The third-order valence-electron chi connectivity index (χ3n) is 12.5. The zero-order valence-corrected chi connectivity index (χ0v) is 35.7. The summed E-state index contributed by atoms with van der Waals surface area (Å²) < 4.78 is 0. The highest BCUT2D eigenvalue weighted by Gasteiger charge is 2.52. The number of hydrogen-bond acceptors (Lipinski definition) is 4. The highest BCUT2D eigenvalue weighted by Crippen LogP contribution is 2.64. The van der Waals surface area contributed by atoms with Crippen LogP contribution in [0.25, 0.3) is 22.3 Å². The molecule has 7 aromatic rings. The van der Waals surface area contributed by atoms with Gasteiger partial charge in [0.05, 0.1) is 28.7 Å². The van der Waals surface area contributed by atoms with Gasteiger partial charge in [0.1, 0.15) is 0 Å².